The highest BCUT2D eigenvalue weighted by atomic mass is 15.2. The average molecular weight is 713 g/mol. The maximum Gasteiger partial charge on any atom is 0.235 e. The Bertz CT molecular complexity index is 3520. The first-order valence-electron chi connectivity index (χ1n) is 19.1. The third kappa shape index (κ3) is 4.53. The molecule has 0 aliphatic rings. The van der Waals surface area contributed by atoms with Gasteiger partial charge in [0.05, 0.1) is 33.3 Å². The van der Waals surface area contributed by atoms with E-state index in [1.807, 2.05) is 0 Å². The Morgan fingerprint density at radius 3 is 1.62 bits per heavy atom. The van der Waals surface area contributed by atoms with E-state index in [-0.39, 0.29) is 0 Å². The summed E-state index contributed by atoms with van der Waals surface area (Å²) in [4.78, 5) is 10.6. The minimum Gasteiger partial charge on any atom is -0.309 e. The molecule has 3 aromatic heterocycles. The topological polar surface area (TPSA) is 35.6 Å². The van der Waals surface area contributed by atoms with Gasteiger partial charge in [-0.1, -0.05) is 152 Å². The monoisotopic (exact) mass is 712 g/mol. The van der Waals surface area contributed by atoms with E-state index in [9.17, 15) is 0 Å². The second-order valence-corrected chi connectivity index (χ2v) is 14.6. The fraction of sp³-hybridized carbons (Fsp3) is 0. The number of benzene rings is 9. The molecule has 0 aliphatic heterocycles. The Labute approximate surface area is 322 Å². The summed E-state index contributed by atoms with van der Waals surface area (Å²) < 4.78 is 4.67. The summed E-state index contributed by atoms with van der Waals surface area (Å²) in [6.45, 7) is 0. The molecule has 0 N–H and O–H groups in total. The van der Waals surface area contributed by atoms with E-state index in [0.29, 0.717) is 5.95 Å². The van der Waals surface area contributed by atoms with Crippen LogP contribution >= 0.6 is 0 Å². The van der Waals surface area contributed by atoms with Gasteiger partial charge in [-0.25, -0.2) is 9.97 Å². The summed E-state index contributed by atoms with van der Waals surface area (Å²) in [7, 11) is 0. The highest BCUT2D eigenvalue weighted by molar-refractivity contribution is 6.23. The van der Waals surface area contributed by atoms with Gasteiger partial charge in [0, 0.05) is 38.2 Å². The lowest BCUT2D eigenvalue weighted by Gasteiger charge is -2.13. The molecule has 3 heterocycles. The molecule has 0 bridgehead atoms. The van der Waals surface area contributed by atoms with Crippen LogP contribution in [0.25, 0.3) is 110 Å². The second kappa shape index (κ2) is 12.0. The molecule has 0 saturated carbocycles. The van der Waals surface area contributed by atoms with Crippen molar-refractivity contribution in [3.05, 3.63) is 194 Å². The van der Waals surface area contributed by atoms with Crippen molar-refractivity contribution in [1.29, 1.82) is 0 Å². The van der Waals surface area contributed by atoms with E-state index in [0.717, 1.165) is 38.9 Å². The van der Waals surface area contributed by atoms with E-state index < -0.39 is 0 Å². The van der Waals surface area contributed by atoms with Gasteiger partial charge >= 0.3 is 0 Å². The number of hydrogen-bond acceptors (Lipinski definition) is 2. The van der Waals surface area contributed by atoms with Crippen molar-refractivity contribution in [2.24, 2.45) is 0 Å². The van der Waals surface area contributed by atoms with Crippen LogP contribution in [0.15, 0.2) is 194 Å². The normalized spacial score (nSPS) is 11.9. The Kier molecular flexibility index (Phi) is 6.60. The smallest absolute Gasteiger partial charge is 0.235 e. The Hall–Kier alpha value is -7.56. The van der Waals surface area contributed by atoms with Crippen LogP contribution in [0.4, 0.5) is 0 Å². The van der Waals surface area contributed by atoms with Crippen molar-refractivity contribution < 1.29 is 0 Å². The van der Waals surface area contributed by atoms with Crippen molar-refractivity contribution in [2.75, 3.05) is 0 Å². The molecule has 0 radical (unpaired) electrons. The molecular formula is C52H32N4. The molecule has 12 rings (SSSR count). The van der Waals surface area contributed by atoms with E-state index in [4.69, 9.17) is 9.97 Å². The van der Waals surface area contributed by atoms with Gasteiger partial charge in [0.1, 0.15) is 0 Å². The lowest BCUT2D eigenvalue weighted by molar-refractivity contribution is 1.01. The Balaban J connectivity index is 1.10. The van der Waals surface area contributed by atoms with E-state index >= 15 is 0 Å². The van der Waals surface area contributed by atoms with Crippen molar-refractivity contribution in [3.8, 4) is 34.0 Å². The van der Waals surface area contributed by atoms with E-state index in [1.165, 1.54) is 65.3 Å². The molecule has 56 heavy (non-hydrogen) atoms. The summed E-state index contributed by atoms with van der Waals surface area (Å²) in [6.07, 6.45) is 0. The molecule has 0 spiro atoms. The molecule has 260 valence electrons. The third-order valence-electron chi connectivity index (χ3n) is 11.5. The Morgan fingerprint density at radius 2 is 0.857 bits per heavy atom. The third-order valence-corrected chi connectivity index (χ3v) is 11.5. The Morgan fingerprint density at radius 1 is 0.321 bits per heavy atom. The van der Waals surface area contributed by atoms with Crippen LogP contribution < -0.4 is 0 Å². The van der Waals surface area contributed by atoms with Gasteiger partial charge < -0.3 is 4.57 Å². The zero-order chi connectivity index (χ0) is 36.7. The lowest BCUT2D eigenvalue weighted by Crippen LogP contribution is -2.03. The first kappa shape index (κ1) is 30.9. The van der Waals surface area contributed by atoms with E-state index in [1.54, 1.807) is 0 Å². The van der Waals surface area contributed by atoms with Crippen LogP contribution in [0.2, 0.25) is 0 Å². The highest BCUT2D eigenvalue weighted by Gasteiger charge is 2.20. The summed E-state index contributed by atoms with van der Waals surface area (Å²) >= 11 is 0. The van der Waals surface area contributed by atoms with Gasteiger partial charge in [-0.05, 0) is 75.1 Å². The highest BCUT2D eigenvalue weighted by Crippen LogP contribution is 2.41. The predicted molar refractivity (Wildman–Crippen MR) is 234 cm³/mol. The van der Waals surface area contributed by atoms with Crippen LogP contribution in [0.1, 0.15) is 0 Å². The average Bonchev–Trinajstić information content (AvgIpc) is 3.80. The maximum absolute atomic E-state index is 5.40. The number of nitrogens with zero attached hydrogens (tertiary/aromatic N) is 4. The molecule has 9 aromatic carbocycles. The molecule has 0 atom stereocenters. The molecule has 0 fully saturated rings. The van der Waals surface area contributed by atoms with Crippen LogP contribution in [-0.2, 0) is 0 Å². The summed E-state index contributed by atoms with van der Waals surface area (Å²) in [5.74, 6) is 0.654. The van der Waals surface area contributed by atoms with Crippen molar-refractivity contribution in [3.63, 3.8) is 0 Å². The lowest BCUT2D eigenvalue weighted by atomic mass is 10.0. The minimum atomic E-state index is 0.654. The summed E-state index contributed by atoms with van der Waals surface area (Å²) in [6, 6.07) is 69.6. The number of para-hydroxylation sites is 3. The number of rotatable bonds is 4. The van der Waals surface area contributed by atoms with Gasteiger partial charge in [-0.2, -0.15) is 0 Å². The first-order valence-corrected chi connectivity index (χ1v) is 19.1. The summed E-state index contributed by atoms with van der Waals surface area (Å²) in [5.41, 5.74) is 10.9. The van der Waals surface area contributed by atoms with Gasteiger partial charge in [0.25, 0.3) is 0 Å². The van der Waals surface area contributed by atoms with Gasteiger partial charge in [0.2, 0.25) is 5.95 Å². The molecule has 0 amide bonds. The fourth-order valence-corrected chi connectivity index (χ4v) is 8.98. The maximum atomic E-state index is 5.40. The molecule has 4 heteroatoms. The molecule has 0 unspecified atom stereocenters. The quantitative estimate of drug-likeness (QED) is 0.182. The van der Waals surface area contributed by atoms with E-state index in [2.05, 4.69) is 203 Å². The molecule has 0 aliphatic carbocycles. The number of fused-ring (bicyclic) bond motifs is 11. The van der Waals surface area contributed by atoms with Crippen molar-refractivity contribution in [1.82, 2.24) is 19.1 Å². The zero-order valence-electron chi connectivity index (χ0n) is 30.3. The minimum absolute atomic E-state index is 0.654. The largest absolute Gasteiger partial charge is 0.309 e. The number of hydrogen-bond donors (Lipinski definition) is 0. The predicted octanol–water partition coefficient (Wildman–Crippen LogP) is 13.5. The molecule has 4 nitrogen and oxygen atoms in total. The molecule has 12 aromatic rings. The SMILES string of the molecule is c1ccc(-c2ccc(-c3nc(-n4c5ccccc5c5c6cc(-n7c8ccccc8c8c9ccccc9ccc87)ccc6ccc54)nc4ccccc34)cc2)cc1. The van der Waals surface area contributed by atoms with Gasteiger partial charge in [0.15, 0.2) is 0 Å². The second-order valence-electron chi connectivity index (χ2n) is 14.6. The number of aromatic nitrogens is 4. The standard InChI is InChI=1S/C52H32N4/c1-2-12-33(13-3-1)34-22-24-37(25-23-34)51-40-16-6-9-19-44(40)53-52(54-51)56-46-21-11-8-18-42(46)50-43-32-38(29-26-36(43)28-31-48(50)56)55-45-20-10-7-17-41(45)49-39-15-5-4-14-35(39)27-30-47(49)55/h1-32H. The van der Waals surface area contributed by atoms with Crippen molar-refractivity contribution >= 4 is 76.1 Å². The molecular weight excluding hydrogens is 681 g/mol. The van der Waals surface area contributed by atoms with Gasteiger partial charge in [-0.3, -0.25) is 4.57 Å². The van der Waals surface area contributed by atoms with Crippen LogP contribution in [0.5, 0.6) is 0 Å². The first-order chi connectivity index (χ1) is 27.8. The van der Waals surface area contributed by atoms with Gasteiger partial charge in [-0.15, -0.1) is 0 Å². The van der Waals surface area contributed by atoms with Crippen LogP contribution in [0.3, 0.4) is 0 Å². The summed E-state index contributed by atoms with van der Waals surface area (Å²) in [5, 5.41) is 10.8. The molecule has 0 saturated heterocycles. The van der Waals surface area contributed by atoms with Crippen LogP contribution in [-0.4, -0.2) is 19.1 Å². The zero-order valence-corrected chi connectivity index (χ0v) is 30.3. The van der Waals surface area contributed by atoms with Crippen LogP contribution in [0, 0.1) is 0 Å². The fourth-order valence-electron chi connectivity index (χ4n) is 8.98. The van der Waals surface area contributed by atoms with Crippen molar-refractivity contribution in [2.45, 2.75) is 0 Å².